The monoisotopic (exact) mass is 287 g/mol. The van der Waals surface area contributed by atoms with Gasteiger partial charge in [-0.15, -0.1) is 0 Å². The summed E-state index contributed by atoms with van der Waals surface area (Å²) in [6.45, 7) is 9.71. The zero-order chi connectivity index (χ0) is 15.0. The van der Waals surface area contributed by atoms with Gasteiger partial charge in [0.1, 0.15) is 6.61 Å². The molecule has 1 heterocycles. The maximum absolute atomic E-state index is 13.5. The maximum Gasteiger partial charge on any atom is 0.200 e. The minimum Gasteiger partial charge on any atom is -0.489 e. The second-order valence-electron chi connectivity index (χ2n) is 4.31. The molecule has 0 aromatic heterocycles. The molecule has 0 amide bonds. The van der Waals surface area contributed by atoms with Gasteiger partial charge in [0.15, 0.2) is 11.6 Å². The van der Waals surface area contributed by atoms with Crippen LogP contribution in [0.2, 0.25) is 0 Å². The lowest BCUT2D eigenvalue weighted by Crippen LogP contribution is -2.38. The third kappa shape index (κ3) is 4.72. The highest BCUT2D eigenvalue weighted by molar-refractivity contribution is 5.30. The normalized spacial score (nSPS) is 15.4. The molecule has 0 atom stereocenters. The molecule has 1 saturated heterocycles. The fourth-order valence-corrected chi connectivity index (χ4v) is 1.85. The number of ether oxygens (including phenoxy) is 2. The molecule has 1 aromatic carbocycles. The molecule has 5 heteroatoms. The Balaban J connectivity index is 0.000000956. The molecule has 1 aromatic rings. The van der Waals surface area contributed by atoms with Gasteiger partial charge in [-0.3, -0.25) is 4.90 Å². The van der Waals surface area contributed by atoms with E-state index in [-0.39, 0.29) is 11.3 Å². The van der Waals surface area contributed by atoms with Crippen molar-refractivity contribution in [3.63, 3.8) is 0 Å². The molecule has 114 valence electrons. The Bertz CT molecular complexity index is 407. The van der Waals surface area contributed by atoms with Crippen molar-refractivity contribution in [1.82, 2.24) is 4.90 Å². The lowest BCUT2D eigenvalue weighted by atomic mass is 10.2. The average molecular weight is 287 g/mol. The summed E-state index contributed by atoms with van der Waals surface area (Å²) in [5.74, 6) is -1.76. The molecular weight excluding hydrogens is 264 g/mol. The van der Waals surface area contributed by atoms with Crippen molar-refractivity contribution in [2.45, 2.75) is 20.8 Å². The van der Waals surface area contributed by atoms with Gasteiger partial charge >= 0.3 is 0 Å². The Morgan fingerprint density at radius 1 is 1.15 bits per heavy atom. The van der Waals surface area contributed by atoms with Crippen molar-refractivity contribution < 1.29 is 18.3 Å². The highest BCUT2D eigenvalue weighted by Gasteiger charge is 2.13. The van der Waals surface area contributed by atoms with Crippen LogP contribution in [0.3, 0.4) is 0 Å². The SMILES string of the molecule is CC.Cc1ccc(OCCN2CCOCC2)c(F)c1F. The zero-order valence-electron chi connectivity index (χ0n) is 12.4. The van der Waals surface area contributed by atoms with Gasteiger partial charge in [-0.25, -0.2) is 4.39 Å². The van der Waals surface area contributed by atoms with Crippen LogP contribution >= 0.6 is 0 Å². The molecule has 20 heavy (non-hydrogen) atoms. The Labute approximate surface area is 119 Å². The highest BCUT2D eigenvalue weighted by atomic mass is 19.2. The standard InChI is InChI=1S/C13H17F2NO2.C2H6/c1-10-2-3-11(13(15)12(10)14)18-9-6-16-4-7-17-8-5-16;1-2/h2-3H,4-9H2,1H3;1-2H3. The number of halogens is 2. The van der Waals surface area contributed by atoms with Crippen molar-refractivity contribution in [2.24, 2.45) is 0 Å². The summed E-state index contributed by atoms with van der Waals surface area (Å²) in [5, 5.41) is 0. The maximum atomic E-state index is 13.5. The molecule has 1 fully saturated rings. The highest BCUT2D eigenvalue weighted by Crippen LogP contribution is 2.22. The molecule has 2 rings (SSSR count). The number of morpholine rings is 1. The van der Waals surface area contributed by atoms with Crippen LogP contribution in [0.4, 0.5) is 8.78 Å². The molecule has 0 saturated carbocycles. The van der Waals surface area contributed by atoms with Crippen molar-refractivity contribution in [1.29, 1.82) is 0 Å². The molecule has 0 unspecified atom stereocenters. The quantitative estimate of drug-likeness (QED) is 0.849. The minimum absolute atomic E-state index is 0.0219. The van der Waals surface area contributed by atoms with E-state index in [1.54, 1.807) is 0 Å². The van der Waals surface area contributed by atoms with Crippen LogP contribution < -0.4 is 4.74 Å². The fraction of sp³-hybridized carbons (Fsp3) is 0.600. The van der Waals surface area contributed by atoms with E-state index in [0.717, 1.165) is 13.1 Å². The number of hydrogen-bond donors (Lipinski definition) is 0. The van der Waals surface area contributed by atoms with E-state index in [4.69, 9.17) is 9.47 Å². The first-order valence-electron chi connectivity index (χ1n) is 7.06. The zero-order valence-corrected chi connectivity index (χ0v) is 12.4. The molecule has 1 aliphatic heterocycles. The van der Waals surface area contributed by atoms with Crippen molar-refractivity contribution in [3.05, 3.63) is 29.3 Å². The number of benzene rings is 1. The lowest BCUT2D eigenvalue weighted by molar-refractivity contribution is 0.0320. The molecule has 0 N–H and O–H groups in total. The number of rotatable bonds is 4. The molecule has 0 spiro atoms. The molecule has 3 nitrogen and oxygen atoms in total. The van der Waals surface area contributed by atoms with Gasteiger partial charge in [0.25, 0.3) is 0 Å². The Morgan fingerprint density at radius 2 is 1.80 bits per heavy atom. The van der Waals surface area contributed by atoms with Gasteiger partial charge in [0.2, 0.25) is 5.82 Å². The minimum atomic E-state index is -0.906. The van der Waals surface area contributed by atoms with Crippen molar-refractivity contribution >= 4 is 0 Å². The summed E-state index contributed by atoms with van der Waals surface area (Å²) in [4.78, 5) is 2.17. The first kappa shape index (κ1) is 16.9. The van der Waals surface area contributed by atoms with Gasteiger partial charge in [-0.05, 0) is 18.6 Å². The van der Waals surface area contributed by atoms with Crippen LogP contribution in [0.1, 0.15) is 19.4 Å². The van der Waals surface area contributed by atoms with E-state index in [0.29, 0.717) is 26.4 Å². The van der Waals surface area contributed by atoms with Crippen LogP contribution in [0.5, 0.6) is 5.75 Å². The molecule has 0 radical (unpaired) electrons. The summed E-state index contributed by atoms with van der Waals surface area (Å²) >= 11 is 0. The number of aryl methyl sites for hydroxylation is 1. The van der Waals surface area contributed by atoms with Crippen molar-refractivity contribution in [3.8, 4) is 5.75 Å². The van der Waals surface area contributed by atoms with Crippen LogP contribution in [0.15, 0.2) is 12.1 Å². The van der Waals surface area contributed by atoms with E-state index in [2.05, 4.69) is 4.90 Å². The topological polar surface area (TPSA) is 21.7 Å². The van der Waals surface area contributed by atoms with E-state index in [9.17, 15) is 8.78 Å². The predicted octanol–water partition coefficient (Wildman–Crippen LogP) is 3.01. The van der Waals surface area contributed by atoms with E-state index in [1.807, 2.05) is 13.8 Å². The Hall–Kier alpha value is -1.20. The molecule has 1 aliphatic rings. The number of nitrogens with zero attached hydrogens (tertiary/aromatic N) is 1. The van der Waals surface area contributed by atoms with Gasteiger partial charge in [-0.2, -0.15) is 4.39 Å². The second-order valence-corrected chi connectivity index (χ2v) is 4.31. The van der Waals surface area contributed by atoms with Crippen molar-refractivity contribution in [2.75, 3.05) is 39.5 Å². The Kier molecular flexibility index (Phi) is 7.47. The van der Waals surface area contributed by atoms with Crippen LogP contribution in [0, 0.1) is 18.6 Å². The summed E-state index contributed by atoms with van der Waals surface area (Å²) in [7, 11) is 0. The summed E-state index contributed by atoms with van der Waals surface area (Å²) < 4.78 is 37.3. The third-order valence-electron chi connectivity index (χ3n) is 3.01. The molecule has 0 aliphatic carbocycles. The average Bonchev–Trinajstić information content (AvgIpc) is 2.50. The van der Waals surface area contributed by atoms with E-state index in [1.165, 1.54) is 19.1 Å². The fourth-order valence-electron chi connectivity index (χ4n) is 1.85. The summed E-state index contributed by atoms with van der Waals surface area (Å²) in [5.41, 5.74) is 0.285. The van der Waals surface area contributed by atoms with E-state index < -0.39 is 11.6 Å². The lowest BCUT2D eigenvalue weighted by Gasteiger charge is -2.26. The molecule has 0 bridgehead atoms. The van der Waals surface area contributed by atoms with Gasteiger partial charge in [-0.1, -0.05) is 19.9 Å². The van der Waals surface area contributed by atoms with Gasteiger partial charge in [0.05, 0.1) is 13.2 Å². The smallest absolute Gasteiger partial charge is 0.200 e. The Morgan fingerprint density at radius 3 is 2.45 bits per heavy atom. The first-order chi connectivity index (χ1) is 9.68. The van der Waals surface area contributed by atoms with Gasteiger partial charge in [0, 0.05) is 19.6 Å². The third-order valence-corrected chi connectivity index (χ3v) is 3.01. The molecular formula is C15H23F2NO2. The summed E-state index contributed by atoms with van der Waals surface area (Å²) in [6, 6.07) is 2.98. The predicted molar refractivity (Wildman–Crippen MR) is 75.2 cm³/mol. The van der Waals surface area contributed by atoms with Crippen LogP contribution in [0.25, 0.3) is 0 Å². The first-order valence-corrected chi connectivity index (χ1v) is 7.06. The summed E-state index contributed by atoms with van der Waals surface area (Å²) in [6.07, 6.45) is 0. The largest absolute Gasteiger partial charge is 0.489 e. The second kappa shape index (κ2) is 8.87. The van der Waals surface area contributed by atoms with E-state index >= 15 is 0 Å². The van der Waals surface area contributed by atoms with Gasteiger partial charge < -0.3 is 9.47 Å². The number of hydrogen-bond acceptors (Lipinski definition) is 3. The van der Waals surface area contributed by atoms with Crippen LogP contribution in [-0.4, -0.2) is 44.4 Å². The van der Waals surface area contributed by atoms with Crippen LogP contribution in [-0.2, 0) is 4.74 Å².